The predicted molar refractivity (Wildman–Crippen MR) is 105 cm³/mol. The summed E-state index contributed by atoms with van der Waals surface area (Å²) in [5, 5.41) is 0. The first-order chi connectivity index (χ1) is 15.0. The van der Waals surface area contributed by atoms with E-state index < -0.39 is 46.6 Å². The molecule has 0 radical (unpaired) electrons. The zero-order chi connectivity index (χ0) is 23.5. The first-order valence-electron chi connectivity index (χ1n) is 9.25. The van der Waals surface area contributed by atoms with Gasteiger partial charge in [0.15, 0.2) is 17.4 Å². The number of hydrogen-bond acceptors (Lipinski definition) is 4. The predicted octanol–water partition coefficient (Wildman–Crippen LogP) is 3.37. The van der Waals surface area contributed by atoms with Crippen LogP contribution in [0.5, 0.6) is 5.75 Å². The molecule has 3 rings (SSSR count). The molecule has 1 aliphatic heterocycles. The number of piperazine rings is 1. The molecule has 2 aromatic carbocycles. The highest BCUT2D eigenvalue weighted by molar-refractivity contribution is 7.80. The molecule has 1 saturated heterocycles. The summed E-state index contributed by atoms with van der Waals surface area (Å²) in [7, 11) is 0. The molecule has 1 atom stereocenters. The second-order valence-electron chi connectivity index (χ2n) is 6.89. The number of nitrogens with zero attached hydrogens (tertiary/aromatic N) is 2. The van der Waals surface area contributed by atoms with Crippen molar-refractivity contribution in [3.8, 4) is 5.75 Å². The van der Waals surface area contributed by atoms with Crippen molar-refractivity contribution in [2.75, 3.05) is 30.9 Å². The number of carbonyl (C=O) groups excluding carboxylic acids is 1. The van der Waals surface area contributed by atoms with E-state index in [2.05, 4.69) is 4.74 Å². The summed E-state index contributed by atoms with van der Waals surface area (Å²) in [5.41, 5.74) is -0.340. The van der Waals surface area contributed by atoms with Crippen molar-refractivity contribution in [2.45, 2.75) is 12.9 Å². The maximum Gasteiger partial charge on any atom is 0.573 e. The number of ether oxygens (including phenoxy) is 1. The molecule has 1 unspecified atom stereocenters. The summed E-state index contributed by atoms with van der Waals surface area (Å²) in [5.74, 6) is -3.27. The van der Waals surface area contributed by atoms with E-state index in [4.69, 9.17) is 4.55 Å². The number of benzene rings is 2. The van der Waals surface area contributed by atoms with Gasteiger partial charge in [0, 0.05) is 43.9 Å². The number of amides is 1. The Morgan fingerprint density at radius 3 is 2.44 bits per heavy atom. The van der Waals surface area contributed by atoms with Crippen molar-refractivity contribution in [3.63, 3.8) is 0 Å². The molecule has 0 spiro atoms. The maximum absolute atomic E-state index is 13.9. The second-order valence-corrected chi connectivity index (χ2v) is 7.59. The zero-order valence-electron chi connectivity index (χ0n) is 16.4. The topological polar surface area (TPSA) is 82.1 Å². The van der Waals surface area contributed by atoms with Crippen LogP contribution in [0.25, 0.3) is 0 Å². The third-order valence-electron chi connectivity index (χ3n) is 4.74. The van der Waals surface area contributed by atoms with Gasteiger partial charge in [-0.2, -0.15) is 0 Å². The molecule has 32 heavy (non-hydrogen) atoms. The highest BCUT2D eigenvalue weighted by atomic mass is 32.2. The smallest absolute Gasteiger partial charge is 0.404 e. The number of nitrogens with one attached hydrogen (secondary N) is 1. The van der Waals surface area contributed by atoms with Crippen LogP contribution in [0.4, 0.5) is 27.6 Å². The first kappa shape index (κ1) is 23.9. The van der Waals surface area contributed by atoms with Crippen LogP contribution < -0.4 is 9.46 Å². The third kappa shape index (κ3) is 6.14. The lowest BCUT2D eigenvalue weighted by Crippen LogP contribution is -2.48. The fourth-order valence-corrected chi connectivity index (χ4v) is 3.60. The average molecular weight is 479 g/mol. The maximum atomic E-state index is 13.9. The number of hydrogen-bond donors (Lipinski definition) is 2. The van der Waals surface area contributed by atoms with Crippen LogP contribution in [0.3, 0.4) is 0 Å². The largest absolute Gasteiger partial charge is 0.573 e. The Morgan fingerprint density at radius 1 is 1.12 bits per heavy atom. The minimum Gasteiger partial charge on any atom is -0.404 e. The Labute approximate surface area is 182 Å². The van der Waals surface area contributed by atoms with E-state index in [1.807, 2.05) is 9.62 Å². The number of halogens is 5. The van der Waals surface area contributed by atoms with Crippen LogP contribution in [0, 0.1) is 11.6 Å². The summed E-state index contributed by atoms with van der Waals surface area (Å²) in [6.45, 7) is 1.26. The number of anilines is 1. The lowest BCUT2D eigenvalue weighted by atomic mass is 10.1. The second kappa shape index (κ2) is 9.79. The van der Waals surface area contributed by atoms with Gasteiger partial charge >= 0.3 is 6.36 Å². The lowest BCUT2D eigenvalue weighted by molar-refractivity contribution is -0.274. The summed E-state index contributed by atoms with van der Waals surface area (Å²) in [4.78, 5) is 16.0. The number of rotatable bonds is 6. The standard InChI is InChI=1S/C19H18F5N3O4S/c20-14-3-1-2-13(17(14)21)11-26-6-8-27(9-7-26)18(28)12-4-5-15(25-32(29)30)16(10-12)31-19(22,23)24/h1-5,10,25H,6-9,11H2,(H,29,30). The highest BCUT2D eigenvalue weighted by Gasteiger charge is 2.33. The fourth-order valence-electron chi connectivity index (χ4n) is 3.25. The molecule has 1 amide bonds. The van der Waals surface area contributed by atoms with Gasteiger partial charge in [0.2, 0.25) is 0 Å². The number of alkyl halides is 3. The molecule has 1 fully saturated rings. The van der Waals surface area contributed by atoms with E-state index in [1.54, 1.807) is 0 Å². The monoisotopic (exact) mass is 479 g/mol. The molecule has 0 bridgehead atoms. The Balaban J connectivity index is 1.68. The molecule has 0 aromatic heterocycles. The van der Waals surface area contributed by atoms with Crippen LogP contribution in [-0.4, -0.2) is 57.0 Å². The van der Waals surface area contributed by atoms with Crippen LogP contribution >= 0.6 is 0 Å². The van der Waals surface area contributed by atoms with Crippen LogP contribution in [0.1, 0.15) is 15.9 Å². The average Bonchev–Trinajstić information content (AvgIpc) is 2.71. The van der Waals surface area contributed by atoms with E-state index in [0.29, 0.717) is 13.1 Å². The van der Waals surface area contributed by atoms with E-state index >= 15 is 0 Å². The molecule has 174 valence electrons. The summed E-state index contributed by atoms with van der Waals surface area (Å²) in [6, 6.07) is 6.96. The SMILES string of the molecule is O=C(c1ccc(NS(=O)O)c(OC(F)(F)F)c1)N1CCN(Cc2cccc(F)c2F)CC1. The van der Waals surface area contributed by atoms with Gasteiger partial charge in [-0.3, -0.25) is 19.0 Å². The molecule has 13 heteroatoms. The Bertz CT molecular complexity index is 1010. The van der Waals surface area contributed by atoms with Crippen molar-refractivity contribution in [3.05, 3.63) is 59.2 Å². The van der Waals surface area contributed by atoms with Gasteiger partial charge in [-0.15, -0.1) is 13.2 Å². The summed E-state index contributed by atoms with van der Waals surface area (Å²) < 4.78 is 90.8. The van der Waals surface area contributed by atoms with Crippen molar-refractivity contribution in [2.24, 2.45) is 0 Å². The molecule has 0 saturated carbocycles. The normalized spacial score (nSPS) is 16.0. The summed E-state index contributed by atoms with van der Waals surface area (Å²) >= 11 is -2.65. The summed E-state index contributed by atoms with van der Waals surface area (Å²) in [6.07, 6.45) is -5.08. The lowest BCUT2D eigenvalue weighted by Gasteiger charge is -2.35. The van der Waals surface area contributed by atoms with E-state index in [0.717, 1.165) is 18.2 Å². The van der Waals surface area contributed by atoms with Crippen molar-refractivity contribution in [1.82, 2.24) is 9.80 Å². The molecule has 1 aliphatic rings. The molecule has 2 N–H and O–H groups in total. The first-order valence-corrected chi connectivity index (χ1v) is 10.4. The van der Waals surface area contributed by atoms with Crippen LogP contribution in [0.15, 0.2) is 36.4 Å². The van der Waals surface area contributed by atoms with E-state index in [9.17, 15) is 31.0 Å². The van der Waals surface area contributed by atoms with Gasteiger partial charge in [0.05, 0.1) is 5.69 Å². The third-order valence-corrected chi connectivity index (χ3v) is 5.13. The van der Waals surface area contributed by atoms with E-state index in [-0.39, 0.29) is 30.8 Å². The molecule has 0 aliphatic carbocycles. The Kier molecular flexibility index (Phi) is 7.31. The quantitative estimate of drug-likeness (QED) is 0.491. The van der Waals surface area contributed by atoms with Crippen molar-refractivity contribution in [1.29, 1.82) is 0 Å². The Morgan fingerprint density at radius 2 is 1.81 bits per heavy atom. The van der Waals surface area contributed by atoms with Crippen molar-refractivity contribution >= 4 is 22.9 Å². The fraction of sp³-hybridized carbons (Fsp3) is 0.316. The van der Waals surface area contributed by atoms with Gasteiger partial charge in [-0.1, -0.05) is 12.1 Å². The molecule has 1 heterocycles. The van der Waals surface area contributed by atoms with E-state index in [1.165, 1.54) is 23.1 Å². The van der Waals surface area contributed by atoms with Gasteiger partial charge in [0.1, 0.15) is 0 Å². The van der Waals surface area contributed by atoms with Gasteiger partial charge in [-0.05, 0) is 24.3 Å². The molecular formula is C19H18F5N3O4S. The molecule has 7 nitrogen and oxygen atoms in total. The zero-order valence-corrected chi connectivity index (χ0v) is 17.2. The minimum absolute atomic E-state index is 0.108. The Hall–Kier alpha value is -2.77. The van der Waals surface area contributed by atoms with Gasteiger partial charge < -0.3 is 9.64 Å². The van der Waals surface area contributed by atoms with Gasteiger partial charge in [0.25, 0.3) is 17.2 Å². The van der Waals surface area contributed by atoms with Gasteiger partial charge in [-0.25, -0.2) is 13.0 Å². The highest BCUT2D eigenvalue weighted by Crippen LogP contribution is 2.32. The number of carbonyl (C=O) groups is 1. The van der Waals surface area contributed by atoms with Crippen LogP contribution in [-0.2, 0) is 17.8 Å². The minimum atomic E-state index is -5.08. The molecular weight excluding hydrogens is 461 g/mol. The van der Waals surface area contributed by atoms with Crippen LogP contribution in [0.2, 0.25) is 0 Å². The van der Waals surface area contributed by atoms with Crippen molar-refractivity contribution < 1.29 is 40.2 Å². The molecule has 2 aromatic rings.